The number of aliphatic carboxylic acids is 1. The van der Waals surface area contributed by atoms with E-state index in [1.807, 2.05) is 6.92 Å². The van der Waals surface area contributed by atoms with Gasteiger partial charge in [0, 0.05) is 0 Å². The number of hydrogen-bond donors (Lipinski definition) is 2. The summed E-state index contributed by atoms with van der Waals surface area (Å²) in [6.45, 7) is 4.29. The molecule has 0 aliphatic heterocycles. The van der Waals surface area contributed by atoms with Crippen LogP contribution in [-0.4, -0.2) is 22.8 Å². The molecule has 0 bridgehead atoms. The van der Waals surface area contributed by atoms with Crippen LogP contribution >= 0.6 is 0 Å². The lowest BCUT2D eigenvalue weighted by atomic mass is 9.98. The molecule has 2 N–H and O–H groups in total. The van der Waals surface area contributed by atoms with Crippen LogP contribution in [0, 0.1) is 5.92 Å². The highest BCUT2D eigenvalue weighted by Crippen LogP contribution is 2.23. The topological polar surface area (TPSA) is 66.8 Å². The maximum absolute atomic E-state index is 10.7. The minimum Gasteiger partial charge on any atom is -0.494 e. The minimum atomic E-state index is -0.892. The van der Waals surface area contributed by atoms with Crippen LogP contribution in [-0.2, 0) is 4.79 Å². The van der Waals surface area contributed by atoms with Gasteiger partial charge in [0.1, 0.15) is 5.75 Å². The summed E-state index contributed by atoms with van der Waals surface area (Å²) in [6, 6.07) is 7.12. The van der Waals surface area contributed by atoms with Gasteiger partial charge in [-0.05, 0) is 30.5 Å². The molecule has 0 spiro atoms. The SMILES string of the molecule is CCCOc1ccc(C(O)CC(C)C(=O)O)cc1. The van der Waals surface area contributed by atoms with Crippen molar-refractivity contribution in [2.75, 3.05) is 6.61 Å². The van der Waals surface area contributed by atoms with Crippen molar-refractivity contribution < 1.29 is 19.7 Å². The summed E-state index contributed by atoms with van der Waals surface area (Å²) in [7, 11) is 0. The lowest BCUT2D eigenvalue weighted by Gasteiger charge is -2.14. The van der Waals surface area contributed by atoms with Gasteiger partial charge in [-0.15, -0.1) is 0 Å². The van der Waals surface area contributed by atoms with Crippen LogP contribution < -0.4 is 4.74 Å². The van der Waals surface area contributed by atoms with Gasteiger partial charge in [0.2, 0.25) is 0 Å². The van der Waals surface area contributed by atoms with Gasteiger partial charge in [0.15, 0.2) is 0 Å². The predicted octanol–water partition coefficient (Wildman–Crippen LogP) is 2.62. The normalized spacial score (nSPS) is 13.9. The number of hydrogen-bond acceptors (Lipinski definition) is 3. The highest BCUT2D eigenvalue weighted by molar-refractivity contribution is 5.69. The van der Waals surface area contributed by atoms with Crippen molar-refractivity contribution in [2.45, 2.75) is 32.8 Å². The Kier molecular flexibility index (Phi) is 5.65. The fraction of sp³-hybridized carbons (Fsp3) is 0.500. The molecule has 100 valence electrons. The Labute approximate surface area is 107 Å². The van der Waals surface area contributed by atoms with Crippen LogP contribution in [0.1, 0.15) is 38.4 Å². The number of rotatable bonds is 7. The zero-order chi connectivity index (χ0) is 13.5. The number of ether oxygens (including phenoxy) is 1. The van der Waals surface area contributed by atoms with Crippen LogP contribution in [0.15, 0.2) is 24.3 Å². The van der Waals surface area contributed by atoms with E-state index < -0.39 is 18.0 Å². The second-order valence-electron chi connectivity index (χ2n) is 4.41. The van der Waals surface area contributed by atoms with E-state index in [1.54, 1.807) is 31.2 Å². The zero-order valence-electron chi connectivity index (χ0n) is 10.8. The van der Waals surface area contributed by atoms with E-state index in [0.29, 0.717) is 12.2 Å². The molecule has 0 aliphatic rings. The van der Waals surface area contributed by atoms with E-state index in [2.05, 4.69) is 0 Å². The van der Waals surface area contributed by atoms with Crippen molar-refractivity contribution in [3.8, 4) is 5.75 Å². The number of aliphatic hydroxyl groups is 1. The molecule has 1 aromatic rings. The summed E-state index contributed by atoms with van der Waals surface area (Å²) >= 11 is 0. The summed E-state index contributed by atoms with van der Waals surface area (Å²) < 4.78 is 5.43. The van der Waals surface area contributed by atoms with E-state index in [9.17, 15) is 9.90 Å². The van der Waals surface area contributed by atoms with Crippen molar-refractivity contribution >= 4 is 5.97 Å². The average Bonchev–Trinajstić information content (AvgIpc) is 2.36. The third-order valence-electron chi connectivity index (χ3n) is 2.74. The van der Waals surface area contributed by atoms with Crippen molar-refractivity contribution in [1.29, 1.82) is 0 Å². The fourth-order valence-electron chi connectivity index (χ4n) is 1.58. The monoisotopic (exact) mass is 252 g/mol. The Morgan fingerprint density at radius 2 is 1.94 bits per heavy atom. The quantitative estimate of drug-likeness (QED) is 0.782. The molecule has 1 aromatic carbocycles. The number of aliphatic hydroxyl groups excluding tert-OH is 1. The molecule has 2 atom stereocenters. The molecule has 0 saturated carbocycles. The molecule has 0 aliphatic carbocycles. The number of carbonyl (C=O) groups is 1. The summed E-state index contributed by atoms with van der Waals surface area (Å²) in [6.07, 6.45) is 0.404. The van der Waals surface area contributed by atoms with E-state index in [1.165, 1.54) is 0 Å². The first-order chi connectivity index (χ1) is 8.54. The van der Waals surface area contributed by atoms with Gasteiger partial charge in [-0.3, -0.25) is 4.79 Å². The molecule has 4 nitrogen and oxygen atoms in total. The van der Waals surface area contributed by atoms with Gasteiger partial charge >= 0.3 is 5.97 Å². The molecule has 0 heterocycles. The summed E-state index contributed by atoms with van der Waals surface area (Å²) in [5.41, 5.74) is 0.715. The van der Waals surface area contributed by atoms with Gasteiger partial charge in [0.05, 0.1) is 18.6 Å². The summed E-state index contributed by atoms with van der Waals surface area (Å²) in [5.74, 6) is -0.688. The first-order valence-electron chi connectivity index (χ1n) is 6.18. The molecule has 2 unspecified atom stereocenters. The molecule has 0 fully saturated rings. The van der Waals surface area contributed by atoms with E-state index in [-0.39, 0.29) is 6.42 Å². The number of benzene rings is 1. The Morgan fingerprint density at radius 1 is 1.33 bits per heavy atom. The van der Waals surface area contributed by atoms with Gasteiger partial charge in [-0.1, -0.05) is 26.0 Å². The maximum atomic E-state index is 10.7. The first-order valence-corrected chi connectivity index (χ1v) is 6.18. The third kappa shape index (κ3) is 4.37. The second kappa shape index (κ2) is 7.01. The standard InChI is InChI=1S/C14H20O4/c1-3-8-18-12-6-4-11(5-7-12)13(15)9-10(2)14(16)17/h4-7,10,13,15H,3,8-9H2,1-2H3,(H,16,17). The first kappa shape index (κ1) is 14.5. The Morgan fingerprint density at radius 3 is 2.44 bits per heavy atom. The highest BCUT2D eigenvalue weighted by atomic mass is 16.5. The van der Waals surface area contributed by atoms with Crippen LogP contribution in [0.25, 0.3) is 0 Å². The lowest BCUT2D eigenvalue weighted by molar-refractivity contribution is -0.142. The second-order valence-corrected chi connectivity index (χ2v) is 4.41. The van der Waals surface area contributed by atoms with Gasteiger partial charge in [0.25, 0.3) is 0 Å². The average molecular weight is 252 g/mol. The van der Waals surface area contributed by atoms with Crippen LogP contribution in [0.3, 0.4) is 0 Å². The van der Waals surface area contributed by atoms with E-state index in [0.717, 1.165) is 12.2 Å². The molecule has 0 saturated heterocycles. The largest absolute Gasteiger partial charge is 0.494 e. The third-order valence-corrected chi connectivity index (χ3v) is 2.74. The molecule has 0 amide bonds. The molecule has 1 rings (SSSR count). The Balaban J connectivity index is 2.58. The van der Waals surface area contributed by atoms with E-state index >= 15 is 0 Å². The van der Waals surface area contributed by atoms with Crippen molar-refractivity contribution in [3.05, 3.63) is 29.8 Å². The van der Waals surface area contributed by atoms with Crippen molar-refractivity contribution in [2.24, 2.45) is 5.92 Å². The van der Waals surface area contributed by atoms with E-state index in [4.69, 9.17) is 9.84 Å². The minimum absolute atomic E-state index is 0.213. The van der Waals surface area contributed by atoms with Crippen molar-refractivity contribution in [1.82, 2.24) is 0 Å². The van der Waals surface area contributed by atoms with Gasteiger partial charge in [-0.25, -0.2) is 0 Å². The Hall–Kier alpha value is -1.55. The zero-order valence-corrected chi connectivity index (χ0v) is 10.8. The smallest absolute Gasteiger partial charge is 0.306 e. The predicted molar refractivity (Wildman–Crippen MR) is 68.6 cm³/mol. The number of carboxylic acids is 1. The molecule has 0 radical (unpaired) electrons. The lowest BCUT2D eigenvalue weighted by Crippen LogP contribution is -2.13. The molecule has 4 heteroatoms. The van der Waals surface area contributed by atoms with Gasteiger partial charge in [-0.2, -0.15) is 0 Å². The number of carboxylic acid groups (broad SMARTS) is 1. The van der Waals surface area contributed by atoms with Crippen LogP contribution in [0.2, 0.25) is 0 Å². The maximum Gasteiger partial charge on any atom is 0.306 e. The fourth-order valence-corrected chi connectivity index (χ4v) is 1.58. The van der Waals surface area contributed by atoms with Crippen molar-refractivity contribution in [3.63, 3.8) is 0 Å². The summed E-state index contributed by atoms with van der Waals surface area (Å²) in [4.78, 5) is 10.7. The highest BCUT2D eigenvalue weighted by Gasteiger charge is 2.17. The van der Waals surface area contributed by atoms with Crippen LogP contribution in [0.5, 0.6) is 5.75 Å². The molecule has 18 heavy (non-hydrogen) atoms. The summed E-state index contributed by atoms with van der Waals surface area (Å²) in [5, 5.41) is 18.7. The Bertz CT molecular complexity index is 372. The van der Waals surface area contributed by atoms with Gasteiger partial charge < -0.3 is 14.9 Å². The van der Waals surface area contributed by atoms with Crippen LogP contribution in [0.4, 0.5) is 0 Å². The molecule has 0 aromatic heterocycles. The molecular weight excluding hydrogens is 232 g/mol. The molecular formula is C14H20O4.